The predicted molar refractivity (Wildman–Crippen MR) is 117 cm³/mol. The zero-order valence-corrected chi connectivity index (χ0v) is 17.4. The quantitative estimate of drug-likeness (QED) is 0.602. The van der Waals surface area contributed by atoms with E-state index in [-0.39, 0.29) is 6.79 Å². The lowest BCUT2D eigenvalue weighted by Crippen LogP contribution is -1.92. The summed E-state index contributed by atoms with van der Waals surface area (Å²) in [6.45, 7) is 0.185. The second kappa shape index (κ2) is 9.07. The van der Waals surface area contributed by atoms with Gasteiger partial charge < -0.3 is 23.7 Å². The Morgan fingerprint density at radius 1 is 0.581 bits per heavy atom. The van der Waals surface area contributed by atoms with E-state index in [0.29, 0.717) is 23.0 Å². The maximum atomic E-state index is 5.52. The molecule has 0 saturated carbocycles. The topological polar surface area (TPSA) is 46.2 Å². The summed E-state index contributed by atoms with van der Waals surface area (Å²) in [5.41, 5.74) is 3.13. The average Bonchev–Trinajstić information content (AvgIpc) is 3.28. The van der Waals surface area contributed by atoms with E-state index in [0.717, 1.165) is 28.0 Å². The third kappa shape index (κ3) is 4.69. The SMILES string of the molecule is COc1ccc(C#Cc2cc3c(cc2C#Cc2cc(OC)cc(OC)c2)OCO3)cc1. The minimum atomic E-state index is 0.185. The van der Waals surface area contributed by atoms with E-state index in [1.165, 1.54) is 0 Å². The summed E-state index contributed by atoms with van der Waals surface area (Å²) in [6, 6.07) is 16.8. The molecule has 0 saturated heterocycles. The van der Waals surface area contributed by atoms with E-state index in [1.54, 1.807) is 27.4 Å². The second-order valence-corrected chi connectivity index (χ2v) is 6.58. The fraction of sp³-hybridized carbons (Fsp3) is 0.154. The van der Waals surface area contributed by atoms with Gasteiger partial charge in [0.15, 0.2) is 11.5 Å². The lowest BCUT2D eigenvalue weighted by molar-refractivity contribution is 0.174. The first-order chi connectivity index (χ1) is 15.2. The third-order valence-corrected chi connectivity index (χ3v) is 4.64. The van der Waals surface area contributed by atoms with Gasteiger partial charge in [-0.2, -0.15) is 0 Å². The van der Waals surface area contributed by atoms with Crippen LogP contribution in [-0.2, 0) is 0 Å². The molecule has 3 aromatic rings. The Morgan fingerprint density at radius 2 is 1.10 bits per heavy atom. The van der Waals surface area contributed by atoms with Crippen molar-refractivity contribution in [2.75, 3.05) is 28.1 Å². The molecule has 0 aliphatic carbocycles. The summed E-state index contributed by atoms with van der Waals surface area (Å²) in [5.74, 6) is 16.2. The van der Waals surface area contributed by atoms with E-state index in [9.17, 15) is 0 Å². The Morgan fingerprint density at radius 3 is 1.61 bits per heavy atom. The van der Waals surface area contributed by atoms with Gasteiger partial charge in [-0.1, -0.05) is 23.7 Å². The standard InChI is InChI=1S/C26H20O5/c1-27-22-10-6-18(7-11-22)4-8-20-14-25-26(31-17-30-25)15-21(20)9-5-19-12-23(28-2)16-24(13-19)29-3/h6-7,10-16H,17H2,1-3H3. The van der Waals surface area contributed by atoms with Crippen molar-refractivity contribution < 1.29 is 23.7 Å². The van der Waals surface area contributed by atoms with Crippen molar-refractivity contribution >= 4 is 0 Å². The molecule has 154 valence electrons. The fourth-order valence-electron chi connectivity index (χ4n) is 2.98. The van der Waals surface area contributed by atoms with Crippen LogP contribution in [0, 0.1) is 23.7 Å². The van der Waals surface area contributed by atoms with Crippen molar-refractivity contribution in [3.05, 3.63) is 76.9 Å². The van der Waals surface area contributed by atoms with Gasteiger partial charge in [0.2, 0.25) is 6.79 Å². The van der Waals surface area contributed by atoms with Crippen LogP contribution in [0.1, 0.15) is 22.3 Å². The van der Waals surface area contributed by atoms with Gasteiger partial charge >= 0.3 is 0 Å². The van der Waals surface area contributed by atoms with Crippen LogP contribution in [0.25, 0.3) is 0 Å². The van der Waals surface area contributed by atoms with Crippen LogP contribution >= 0.6 is 0 Å². The van der Waals surface area contributed by atoms with Crippen LogP contribution in [0.5, 0.6) is 28.7 Å². The Hall–Kier alpha value is -4.22. The monoisotopic (exact) mass is 412 g/mol. The largest absolute Gasteiger partial charge is 0.497 e. The molecule has 0 fully saturated rings. The Balaban J connectivity index is 1.72. The van der Waals surface area contributed by atoms with Crippen LogP contribution in [0.4, 0.5) is 0 Å². The highest BCUT2D eigenvalue weighted by atomic mass is 16.7. The van der Waals surface area contributed by atoms with Crippen molar-refractivity contribution in [2.45, 2.75) is 0 Å². The highest BCUT2D eigenvalue weighted by Crippen LogP contribution is 2.34. The molecule has 0 amide bonds. The van der Waals surface area contributed by atoms with Gasteiger partial charge in [-0.25, -0.2) is 0 Å². The van der Waals surface area contributed by atoms with Gasteiger partial charge in [-0.15, -0.1) is 0 Å². The van der Waals surface area contributed by atoms with Crippen LogP contribution in [0.3, 0.4) is 0 Å². The molecule has 5 nitrogen and oxygen atoms in total. The molecule has 0 unspecified atom stereocenters. The predicted octanol–water partition coefficient (Wildman–Crippen LogP) is 4.24. The van der Waals surface area contributed by atoms with Crippen LogP contribution in [0.2, 0.25) is 0 Å². The number of methoxy groups -OCH3 is 3. The van der Waals surface area contributed by atoms with Crippen molar-refractivity contribution in [1.82, 2.24) is 0 Å². The molecule has 3 aromatic carbocycles. The maximum Gasteiger partial charge on any atom is 0.231 e. The molecule has 1 aliphatic heterocycles. The summed E-state index contributed by atoms with van der Waals surface area (Å²) >= 11 is 0. The molecule has 0 spiro atoms. The molecule has 1 heterocycles. The number of ether oxygens (including phenoxy) is 5. The van der Waals surface area contributed by atoms with E-state index in [2.05, 4.69) is 23.7 Å². The van der Waals surface area contributed by atoms with Gasteiger partial charge in [0.05, 0.1) is 21.3 Å². The molecule has 0 radical (unpaired) electrons. The summed E-state index contributed by atoms with van der Waals surface area (Å²) in [6.07, 6.45) is 0. The summed E-state index contributed by atoms with van der Waals surface area (Å²) in [7, 11) is 4.85. The zero-order chi connectivity index (χ0) is 21.6. The highest BCUT2D eigenvalue weighted by molar-refractivity contribution is 5.61. The zero-order valence-electron chi connectivity index (χ0n) is 17.4. The van der Waals surface area contributed by atoms with Gasteiger partial charge in [0.25, 0.3) is 0 Å². The minimum absolute atomic E-state index is 0.185. The number of rotatable bonds is 3. The van der Waals surface area contributed by atoms with Crippen molar-refractivity contribution in [3.63, 3.8) is 0 Å². The van der Waals surface area contributed by atoms with Crippen LogP contribution in [-0.4, -0.2) is 28.1 Å². The molecule has 0 aromatic heterocycles. The minimum Gasteiger partial charge on any atom is -0.497 e. The fourth-order valence-corrected chi connectivity index (χ4v) is 2.98. The maximum absolute atomic E-state index is 5.52. The molecular weight excluding hydrogens is 392 g/mol. The van der Waals surface area contributed by atoms with Gasteiger partial charge in [0, 0.05) is 40.5 Å². The Kier molecular flexibility index (Phi) is 5.87. The summed E-state index contributed by atoms with van der Waals surface area (Å²) < 4.78 is 26.9. The molecule has 1 aliphatic rings. The Bertz CT molecular complexity index is 1200. The van der Waals surface area contributed by atoms with Crippen LogP contribution < -0.4 is 23.7 Å². The average molecular weight is 412 g/mol. The van der Waals surface area contributed by atoms with Gasteiger partial charge in [-0.3, -0.25) is 0 Å². The molecular formula is C26H20O5. The number of hydrogen-bond acceptors (Lipinski definition) is 5. The summed E-state index contributed by atoms with van der Waals surface area (Å²) in [5, 5.41) is 0. The van der Waals surface area contributed by atoms with Crippen molar-refractivity contribution in [3.8, 4) is 52.4 Å². The summed E-state index contributed by atoms with van der Waals surface area (Å²) in [4.78, 5) is 0. The van der Waals surface area contributed by atoms with E-state index in [4.69, 9.17) is 23.7 Å². The van der Waals surface area contributed by atoms with Crippen LogP contribution in [0.15, 0.2) is 54.6 Å². The number of hydrogen-bond donors (Lipinski definition) is 0. The first-order valence-electron chi connectivity index (χ1n) is 9.53. The van der Waals surface area contributed by atoms with Gasteiger partial charge in [-0.05, 0) is 36.4 Å². The second-order valence-electron chi connectivity index (χ2n) is 6.58. The van der Waals surface area contributed by atoms with E-state index >= 15 is 0 Å². The van der Waals surface area contributed by atoms with Crippen molar-refractivity contribution in [1.29, 1.82) is 0 Å². The molecule has 0 bridgehead atoms. The number of fused-ring (bicyclic) bond motifs is 1. The Labute approximate surface area is 181 Å². The highest BCUT2D eigenvalue weighted by Gasteiger charge is 2.16. The van der Waals surface area contributed by atoms with E-state index < -0.39 is 0 Å². The first-order valence-corrected chi connectivity index (χ1v) is 9.53. The molecule has 5 heteroatoms. The smallest absolute Gasteiger partial charge is 0.231 e. The lowest BCUT2D eigenvalue weighted by Gasteiger charge is -2.05. The lowest BCUT2D eigenvalue weighted by atomic mass is 10.1. The molecule has 4 rings (SSSR count). The molecule has 31 heavy (non-hydrogen) atoms. The molecule has 0 N–H and O–H groups in total. The van der Waals surface area contributed by atoms with E-state index in [1.807, 2.05) is 48.5 Å². The normalized spacial score (nSPS) is 10.9. The van der Waals surface area contributed by atoms with Gasteiger partial charge in [0.1, 0.15) is 17.2 Å². The number of benzene rings is 3. The first kappa shape index (κ1) is 20.1. The van der Waals surface area contributed by atoms with Crippen molar-refractivity contribution in [2.24, 2.45) is 0 Å². The third-order valence-electron chi connectivity index (χ3n) is 4.64. The molecule has 0 atom stereocenters.